The Morgan fingerprint density at radius 1 is 1.45 bits per heavy atom. The fraction of sp³-hybridized carbons (Fsp3) is 0.353. The van der Waals surface area contributed by atoms with Crippen molar-refractivity contribution in [2.45, 2.75) is 25.7 Å². The van der Waals surface area contributed by atoms with E-state index in [9.17, 15) is 9.59 Å². The number of nitrogens with zero attached hydrogens (tertiary/aromatic N) is 2. The lowest BCUT2D eigenvalue weighted by Gasteiger charge is -2.21. The van der Waals surface area contributed by atoms with E-state index in [0.717, 1.165) is 12.0 Å². The van der Waals surface area contributed by atoms with Crippen molar-refractivity contribution in [1.82, 2.24) is 0 Å². The van der Waals surface area contributed by atoms with E-state index >= 15 is 0 Å². The Morgan fingerprint density at radius 3 is 2.95 bits per heavy atom. The second-order valence-corrected chi connectivity index (χ2v) is 5.22. The summed E-state index contributed by atoms with van der Waals surface area (Å²) in [5.41, 5.74) is 10.6. The molecule has 22 heavy (non-hydrogen) atoms. The maximum Gasteiger partial charge on any atom is 0.416 e. The minimum absolute atomic E-state index is 0.0121. The predicted octanol–water partition coefficient (Wildman–Crippen LogP) is 2.61. The van der Waals surface area contributed by atoms with Gasteiger partial charge < -0.3 is 10.3 Å². The van der Waals surface area contributed by atoms with Gasteiger partial charge in [0.2, 0.25) is 0 Å². The zero-order valence-corrected chi connectivity index (χ0v) is 12.3. The molecule has 5 nitrogen and oxygen atoms in total. The van der Waals surface area contributed by atoms with Gasteiger partial charge in [-0.2, -0.15) is 4.79 Å². The summed E-state index contributed by atoms with van der Waals surface area (Å²) in [5.74, 6) is -1.05. The second-order valence-electron chi connectivity index (χ2n) is 5.22. The fourth-order valence-electron chi connectivity index (χ4n) is 2.57. The van der Waals surface area contributed by atoms with Crippen LogP contribution in [0.4, 0.5) is 0 Å². The molecular weight excluding hydrogens is 280 g/mol. The minimum Gasteiger partial charge on any atom is -0.457 e. The van der Waals surface area contributed by atoms with Crippen LogP contribution in [0, 0.1) is 5.92 Å². The first-order chi connectivity index (χ1) is 10.7. The van der Waals surface area contributed by atoms with E-state index < -0.39 is 5.97 Å². The number of hydrogen-bond acceptors (Lipinski definition) is 3. The van der Waals surface area contributed by atoms with Gasteiger partial charge in [-0.3, -0.25) is 4.79 Å². The van der Waals surface area contributed by atoms with Crippen molar-refractivity contribution in [1.29, 1.82) is 0 Å². The molecule has 0 aromatic heterocycles. The largest absolute Gasteiger partial charge is 0.457 e. The maximum absolute atomic E-state index is 12.4. The van der Waals surface area contributed by atoms with E-state index in [2.05, 4.69) is 11.4 Å². The summed E-state index contributed by atoms with van der Waals surface area (Å²) in [4.78, 5) is 27.3. The van der Waals surface area contributed by atoms with Gasteiger partial charge in [0.25, 0.3) is 0 Å². The van der Waals surface area contributed by atoms with Crippen LogP contribution in [0.3, 0.4) is 0 Å². The van der Waals surface area contributed by atoms with Crippen LogP contribution in [-0.2, 0) is 16.0 Å². The number of hydrogen-bond donors (Lipinski definition) is 0. The quantitative estimate of drug-likeness (QED) is 0.202. The minimum atomic E-state index is -0.684. The van der Waals surface area contributed by atoms with E-state index in [1.165, 1.54) is 0 Å². The summed E-state index contributed by atoms with van der Waals surface area (Å²) in [6, 6.07) is 7.46. The number of aryl methyl sites for hydroxylation is 1. The molecule has 0 amide bonds. The van der Waals surface area contributed by atoms with Crippen molar-refractivity contribution < 1.29 is 19.1 Å². The molecule has 1 aromatic carbocycles. The van der Waals surface area contributed by atoms with Crippen molar-refractivity contribution in [3.8, 4) is 0 Å². The van der Waals surface area contributed by atoms with Gasteiger partial charge >= 0.3 is 11.7 Å². The summed E-state index contributed by atoms with van der Waals surface area (Å²) >= 11 is 0. The maximum atomic E-state index is 12.4. The Labute approximate surface area is 129 Å². The monoisotopic (exact) mass is 298 g/mol. The first kappa shape index (κ1) is 15.9. The topological polar surface area (TPSA) is 79.8 Å². The van der Waals surface area contributed by atoms with E-state index in [4.69, 9.17) is 10.3 Å². The molecule has 2 rings (SSSR count). The van der Waals surface area contributed by atoms with Crippen LogP contribution in [0.2, 0.25) is 0 Å². The predicted molar refractivity (Wildman–Crippen MR) is 81.6 cm³/mol. The molecule has 5 heteroatoms. The molecule has 0 saturated carbocycles. The Bertz CT molecular complexity index is 645. The molecule has 1 unspecified atom stereocenters. The molecule has 1 aliphatic carbocycles. The highest BCUT2D eigenvalue weighted by Crippen LogP contribution is 2.27. The Morgan fingerprint density at radius 2 is 2.23 bits per heavy atom. The van der Waals surface area contributed by atoms with Gasteiger partial charge in [0.05, 0.1) is 13.0 Å². The van der Waals surface area contributed by atoms with E-state index in [1.807, 2.05) is 18.2 Å². The van der Waals surface area contributed by atoms with Crippen LogP contribution in [0.15, 0.2) is 36.9 Å². The summed E-state index contributed by atoms with van der Waals surface area (Å²) < 4.78 is 4.97. The number of fused-ring (bicyclic) bond motifs is 1. The molecule has 1 atom stereocenters. The first-order valence-electron chi connectivity index (χ1n) is 7.28. The molecule has 0 heterocycles. The molecule has 0 bridgehead atoms. The van der Waals surface area contributed by atoms with Crippen LogP contribution in [0.5, 0.6) is 0 Å². The van der Waals surface area contributed by atoms with Crippen LogP contribution < -0.4 is 0 Å². The third kappa shape index (κ3) is 3.57. The number of benzene rings is 1. The smallest absolute Gasteiger partial charge is 0.416 e. The average molecular weight is 298 g/mol. The van der Waals surface area contributed by atoms with Gasteiger partial charge in [0.1, 0.15) is 0 Å². The number of carbonyl (C=O) groups excluding carboxylic acids is 2. The van der Waals surface area contributed by atoms with Crippen LogP contribution in [0.25, 0.3) is 5.53 Å². The van der Waals surface area contributed by atoms with E-state index in [-0.39, 0.29) is 30.4 Å². The second kappa shape index (κ2) is 7.48. The molecule has 114 valence electrons. The number of ether oxygens (including phenoxy) is 1. The molecule has 0 saturated heterocycles. The van der Waals surface area contributed by atoms with E-state index in [0.29, 0.717) is 18.4 Å². The standard InChI is InChI=1S/C17H18N2O3/c1-2-3-10-22-17(21)15(19-18)11-13-9-8-12-6-4-5-7-14(12)16(13)20/h2,4-7,13H,1,3,8-11H2. The number of ketones is 1. The zero-order chi connectivity index (χ0) is 15.9. The summed E-state index contributed by atoms with van der Waals surface area (Å²) in [6.07, 6.45) is 3.66. The van der Waals surface area contributed by atoms with Crippen molar-refractivity contribution in [2.24, 2.45) is 5.92 Å². The van der Waals surface area contributed by atoms with Crippen molar-refractivity contribution >= 4 is 17.5 Å². The van der Waals surface area contributed by atoms with Crippen molar-refractivity contribution in [3.63, 3.8) is 0 Å². The summed E-state index contributed by atoms with van der Waals surface area (Å²) in [7, 11) is 0. The van der Waals surface area contributed by atoms with Gasteiger partial charge in [0.15, 0.2) is 5.78 Å². The molecule has 1 aromatic rings. The molecule has 0 fully saturated rings. The lowest BCUT2D eigenvalue weighted by molar-refractivity contribution is -0.140. The lowest BCUT2D eigenvalue weighted by Crippen LogP contribution is -2.29. The van der Waals surface area contributed by atoms with Gasteiger partial charge in [0, 0.05) is 11.5 Å². The Kier molecular flexibility index (Phi) is 5.39. The van der Waals surface area contributed by atoms with Gasteiger partial charge in [-0.05, 0) is 24.8 Å². The normalized spacial score (nSPS) is 16.4. The highest BCUT2D eigenvalue weighted by atomic mass is 16.5. The number of rotatable bonds is 6. The van der Waals surface area contributed by atoms with Crippen LogP contribution in [0.1, 0.15) is 35.2 Å². The molecule has 0 spiro atoms. The molecule has 1 aliphatic rings. The highest BCUT2D eigenvalue weighted by Gasteiger charge is 2.33. The Balaban J connectivity index is 2.04. The Hall–Kier alpha value is -2.52. The summed E-state index contributed by atoms with van der Waals surface area (Å²) in [5, 5.41) is 0. The van der Waals surface area contributed by atoms with Crippen LogP contribution >= 0.6 is 0 Å². The fourth-order valence-corrected chi connectivity index (χ4v) is 2.57. The summed E-state index contributed by atoms with van der Waals surface area (Å²) in [6.45, 7) is 3.72. The SMILES string of the molecule is C=CCCOC(=O)C(CC1CCc2ccccc2C1=O)=[N+]=[N-]. The molecular formula is C17H18N2O3. The highest BCUT2D eigenvalue weighted by molar-refractivity contribution is 6.34. The molecule has 0 N–H and O–H groups in total. The number of Topliss-reactive ketones (excluding diaryl/α,β-unsaturated/α-hetero) is 1. The van der Waals surface area contributed by atoms with Crippen molar-refractivity contribution in [3.05, 3.63) is 53.6 Å². The van der Waals surface area contributed by atoms with Crippen LogP contribution in [-0.4, -0.2) is 28.9 Å². The first-order valence-corrected chi connectivity index (χ1v) is 7.28. The third-order valence-electron chi connectivity index (χ3n) is 3.77. The van der Waals surface area contributed by atoms with Crippen molar-refractivity contribution in [2.75, 3.05) is 6.61 Å². The van der Waals surface area contributed by atoms with E-state index in [1.54, 1.807) is 12.1 Å². The van der Waals surface area contributed by atoms with Gasteiger partial charge in [-0.15, -0.1) is 6.58 Å². The zero-order valence-electron chi connectivity index (χ0n) is 12.3. The molecule has 0 aliphatic heterocycles. The lowest BCUT2D eigenvalue weighted by atomic mass is 9.80. The third-order valence-corrected chi connectivity index (χ3v) is 3.77. The number of carbonyl (C=O) groups is 2. The number of esters is 1. The van der Waals surface area contributed by atoms with Gasteiger partial charge in [-0.25, -0.2) is 4.79 Å². The average Bonchev–Trinajstić information content (AvgIpc) is 2.54. The van der Waals surface area contributed by atoms with Gasteiger partial charge in [-0.1, -0.05) is 30.3 Å². The molecule has 0 radical (unpaired) electrons.